The Bertz CT molecular complexity index is 1680. The molecule has 0 spiro atoms. The van der Waals surface area contributed by atoms with Crippen LogP contribution in [0.15, 0.2) is 71.3 Å². The standard InChI is InChI=1S/C27H23GeN3O/c1-16-30-24(21-10-6-9-18-19-11-7-15-29-27(19)32-26(18)21)20-14-13-17-8-5-12-22(28(2,3)4)23(17)25(20)31-16/h5-15H,1-4H3. The second-order valence-electron chi connectivity index (χ2n) is 9.38. The molecule has 0 saturated carbocycles. The van der Waals surface area contributed by atoms with E-state index < -0.39 is 13.3 Å². The van der Waals surface area contributed by atoms with Gasteiger partial charge in [-0.15, -0.1) is 0 Å². The van der Waals surface area contributed by atoms with Crippen LogP contribution in [-0.2, 0) is 0 Å². The number of rotatable bonds is 2. The summed E-state index contributed by atoms with van der Waals surface area (Å²) in [6.07, 6.45) is 1.76. The van der Waals surface area contributed by atoms with Gasteiger partial charge in [-0.3, -0.25) is 0 Å². The van der Waals surface area contributed by atoms with Gasteiger partial charge < -0.3 is 0 Å². The van der Waals surface area contributed by atoms with E-state index >= 15 is 0 Å². The number of hydrogen-bond acceptors (Lipinski definition) is 4. The second-order valence-corrected chi connectivity index (χ2v) is 19.9. The Labute approximate surface area is 188 Å². The Morgan fingerprint density at radius 3 is 2.44 bits per heavy atom. The molecular weight excluding hydrogens is 455 g/mol. The third-order valence-electron chi connectivity index (χ3n) is 6.16. The van der Waals surface area contributed by atoms with Crippen molar-refractivity contribution in [3.8, 4) is 11.3 Å². The molecule has 0 aliphatic rings. The molecule has 6 aromatic rings. The molecule has 0 fully saturated rings. The molecule has 3 heterocycles. The monoisotopic (exact) mass is 479 g/mol. The van der Waals surface area contributed by atoms with Crippen molar-refractivity contribution in [2.75, 3.05) is 0 Å². The molecule has 0 unspecified atom stereocenters. The number of hydrogen-bond donors (Lipinski definition) is 0. The fraction of sp³-hybridized carbons (Fsp3) is 0.148. The fourth-order valence-electron chi connectivity index (χ4n) is 4.73. The summed E-state index contributed by atoms with van der Waals surface area (Å²) in [5.74, 6) is 8.07. The van der Waals surface area contributed by atoms with Crippen molar-refractivity contribution in [1.82, 2.24) is 15.0 Å². The molecule has 0 amide bonds. The average Bonchev–Trinajstić information content (AvgIpc) is 3.16. The van der Waals surface area contributed by atoms with Gasteiger partial charge in [-0.1, -0.05) is 0 Å². The van der Waals surface area contributed by atoms with Crippen LogP contribution in [0.5, 0.6) is 0 Å². The maximum atomic E-state index is 6.23. The molecule has 0 N–H and O–H groups in total. The molecular formula is C27H23GeN3O. The van der Waals surface area contributed by atoms with Crippen molar-refractivity contribution in [2.45, 2.75) is 24.2 Å². The Kier molecular flexibility index (Phi) is 4.18. The molecule has 5 heteroatoms. The molecule has 6 rings (SSSR count). The summed E-state index contributed by atoms with van der Waals surface area (Å²) >= 11 is -2.13. The second kappa shape index (κ2) is 6.87. The van der Waals surface area contributed by atoms with Crippen molar-refractivity contribution >= 4 is 61.4 Å². The first-order chi connectivity index (χ1) is 15.4. The average molecular weight is 478 g/mol. The third kappa shape index (κ3) is 2.86. The van der Waals surface area contributed by atoms with Crippen LogP contribution in [0.3, 0.4) is 0 Å². The Morgan fingerprint density at radius 1 is 0.781 bits per heavy atom. The van der Waals surface area contributed by atoms with E-state index in [1.807, 2.05) is 13.0 Å². The molecule has 0 radical (unpaired) electrons. The summed E-state index contributed by atoms with van der Waals surface area (Å²) in [5.41, 5.74) is 4.40. The van der Waals surface area contributed by atoms with Gasteiger partial charge in [0.2, 0.25) is 0 Å². The molecule has 32 heavy (non-hydrogen) atoms. The quantitative estimate of drug-likeness (QED) is 0.208. The predicted octanol–water partition coefficient (Wildman–Crippen LogP) is 6.60. The number of pyridine rings is 1. The first kappa shape index (κ1) is 19.4. The van der Waals surface area contributed by atoms with E-state index in [0.29, 0.717) is 5.71 Å². The van der Waals surface area contributed by atoms with Crippen molar-refractivity contribution in [2.24, 2.45) is 0 Å². The van der Waals surface area contributed by atoms with Crippen molar-refractivity contribution < 1.29 is 4.42 Å². The summed E-state index contributed by atoms with van der Waals surface area (Å²) in [7, 11) is 0. The van der Waals surface area contributed by atoms with Crippen LogP contribution in [0, 0.1) is 6.92 Å². The summed E-state index contributed by atoms with van der Waals surface area (Å²) in [5, 5.41) is 5.66. The molecule has 0 aliphatic carbocycles. The normalized spacial score (nSPS) is 12.4. The van der Waals surface area contributed by atoms with Crippen LogP contribution in [0.1, 0.15) is 5.82 Å². The van der Waals surface area contributed by atoms with Gasteiger partial charge in [0.05, 0.1) is 0 Å². The Balaban J connectivity index is 1.76. The summed E-state index contributed by atoms with van der Waals surface area (Å²) in [6, 6.07) is 21.3. The van der Waals surface area contributed by atoms with Crippen LogP contribution in [0.2, 0.25) is 17.3 Å². The molecule has 0 aliphatic heterocycles. The topological polar surface area (TPSA) is 51.8 Å². The number of aromatic nitrogens is 3. The van der Waals surface area contributed by atoms with Crippen molar-refractivity contribution in [3.05, 3.63) is 72.7 Å². The van der Waals surface area contributed by atoms with E-state index in [0.717, 1.165) is 44.3 Å². The Morgan fingerprint density at radius 2 is 1.59 bits per heavy atom. The van der Waals surface area contributed by atoms with Gasteiger partial charge in [-0.2, -0.15) is 0 Å². The van der Waals surface area contributed by atoms with E-state index in [1.165, 1.54) is 15.2 Å². The molecule has 3 aromatic carbocycles. The molecule has 3 aromatic heterocycles. The fourth-order valence-corrected chi connectivity index (χ4v) is 8.10. The van der Waals surface area contributed by atoms with Gasteiger partial charge in [0.25, 0.3) is 0 Å². The number of nitrogens with zero attached hydrogens (tertiary/aromatic N) is 3. The Hall–Kier alpha value is -3.25. The number of aryl methyl sites for hydroxylation is 1. The van der Waals surface area contributed by atoms with E-state index in [1.54, 1.807) is 6.20 Å². The summed E-state index contributed by atoms with van der Waals surface area (Å²) in [4.78, 5) is 14.3. The summed E-state index contributed by atoms with van der Waals surface area (Å²) in [6.45, 7) is 1.98. The van der Waals surface area contributed by atoms with E-state index in [-0.39, 0.29) is 0 Å². The number of benzene rings is 3. The van der Waals surface area contributed by atoms with Crippen LogP contribution in [0.4, 0.5) is 0 Å². The van der Waals surface area contributed by atoms with Crippen LogP contribution in [-0.4, -0.2) is 28.2 Å². The van der Waals surface area contributed by atoms with Gasteiger partial charge in [-0.25, -0.2) is 0 Å². The zero-order chi connectivity index (χ0) is 22.0. The number of para-hydroxylation sites is 1. The molecule has 0 bridgehead atoms. The molecule has 4 nitrogen and oxygen atoms in total. The molecule has 0 atom stereocenters. The zero-order valence-corrected chi connectivity index (χ0v) is 20.7. The maximum absolute atomic E-state index is 6.23. The van der Waals surface area contributed by atoms with Crippen LogP contribution in [0.25, 0.3) is 55.0 Å². The van der Waals surface area contributed by atoms with Crippen LogP contribution < -0.4 is 4.40 Å². The minimum atomic E-state index is -2.13. The first-order valence-electron chi connectivity index (χ1n) is 10.9. The van der Waals surface area contributed by atoms with E-state index in [2.05, 4.69) is 76.8 Å². The molecule has 0 saturated heterocycles. The third-order valence-corrected chi connectivity index (χ3v) is 10.4. The van der Waals surface area contributed by atoms with Crippen LogP contribution >= 0.6 is 0 Å². The zero-order valence-electron chi connectivity index (χ0n) is 18.6. The summed E-state index contributed by atoms with van der Waals surface area (Å²) < 4.78 is 7.71. The van der Waals surface area contributed by atoms with Gasteiger partial charge in [-0.05, 0) is 0 Å². The van der Waals surface area contributed by atoms with E-state index in [9.17, 15) is 0 Å². The van der Waals surface area contributed by atoms with E-state index in [4.69, 9.17) is 14.4 Å². The minimum absolute atomic E-state index is 0.651. The van der Waals surface area contributed by atoms with Crippen molar-refractivity contribution in [1.29, 1.82) is 0 Å². The predicted molar refractivity (Wildman–Crippen MR) is 135 cm³/mol. The number of furan rings is 1. The first-order valence-corrected chi connectivity index (χ1v) is 18.2. The van der Waals surface area contributed by atoms with Gasteiger partial charge in [0.1, 0.15) is 0 Å². The molecule has 156 valence electrons. The van der Waals surface area contributed by atoms with Gasteiger partial charge in [0.15, 0.2) is 0 Å². The van der Waals surface area contributed by atoms with Gasteiger partial charge >= 0.3 is 189 Å². The van der Waals surface area contributed by atoms with Crippen molar-refractivity contribution in [3.63, 3.8) is 0 Å². The van der Waals surface area contributed by atoms with Gasteiger partial charge in [0, 0.05) is 0 Å². The SMILES string of the molecule is Cc1nc(-c2cccc3c2oc2ncccc23)c2ccc3ccc[c]([Ge]([CH3])([CH3])[CH3])c3c2n1. The number of fused-ring (bicyclic) bond motifs is 6.